The fraction of sp³-hybridized carbons (Fsp3) is 0.647. The van der Waals surface area contributed by atoms with Gasteiger partial charge in [0.15, 0.2) is 0 Å². The summed E-state index contributed by atoms with van der Waals surface area (Å²) in [4.78, 5) is 4.74. The normalized spacial score (nSPS) is 17.4. The molecule has 112 valence electrons. The molecule has 3 nitrogen and oxygen atoms in total. The Labute approximate surface area is 124 Å². The van der Waals surface area contributed by atoms with Crippen LogP contribution < -0.4 is 10.2 Å². The second kappa shape index (κ2) is 7.65. The number of anilines is 1. The lowest BCUT2D eigenvalue weighted by Gasteiger charge is -2.32. The molecular formula is C17H29N3. The highest BCUT2D eigenvalue weighted by Crippen LogP contribution is 2.19. The average Bonchev–Trinajstić information content (AvgIpc) is 2.47. The van der Waals surface area contributed by atoms with Crippen LogP contribution in [0.15, 0.2) is 24.3 Å². The first-order chi connectivity index (χ1) is 9.69. The van der Waals surface area contributed by atoms with Crippen LogP contribution in [0.4, 0.5) is 5.69 Å². The average molecular weight is 275 g/mol. The van der Waals surface area contributed by atoms with Crippen LogP contribution in [-0.2, 0) is 6.54 Å². The Morgan fingerprint density at radius 1 is 1.15 bits per heavy atom. The van der Waals surface area contributed by atoms with Gasteiger partial charge in [0.05, 0.1) is 0 Å². The largest absolute Gasteiger partial charge is 0.378 e. The van der Waals surface area contributed by atoms with Crippen molar-refractivity contribution in [2.24, 2.45) is 5.92 Å². The number of nitrogens with zero attached hydrogens (tertiary/aromatic N) is 2. The highest BCUT2D eigenvalue weighted by molar-refractivity contribution is 5.45. The van der Waals surface area contributed by atoms with E-state index >= 15 is 0 Å². The van der Waals surface area contributed by atoms with Crippen molar-refractivity contribution >= 4 is 5.69 Å². The van der Waals surface area contributed by atoms with Crippen molar-refractivity contribution in [3.63, 3.8) is 0 Å². The Morgan fingerprint density at radius 2 is 1.80 bits per heavy atom. The molecule has 1 fully saturated rings. The van der Waals surface area contributed by atoms with E-state index in [1.807, 2.05) is 0 Å². The van der Waals surface area contributed by atoms with E-state index < -0.39 is 0 Å². The van der Waals surface area contributed by atoms with Crippen molar-refractivity contribution in [2.75, 3.05) is 45.2 Å². The first kappa shape index (κ1) is 15.3. The lowest BCUT2D eigenvalue weighted by atomic mass is 9.96. The van der Waals surface area contributed by atoms with E-state index in [1.54, 1.807) is 0 Å². The van der Waals surface area contributed by atoms with Gasteiger partial charge < -0.3 is 10.2 Å². The summed E-state index contributed by atoms with van der Waals surface area (Å²) in [6, 6.07) is 8.96. The Morgan fingerprint density at radius 3 is 2.35 bits per heavy atom. The third kappa shape index (κ3) is 4.50. The summed E-state index contributed by atoms with van der Waals surface area (Å²) in [7, 11) is 4.17. The van der Waals surface area contributed by atoms with Crippen molar-refractivity contribution in [3.8, 4) is 0 Å². The highest BCUT2D eigenvalue weighted by Gasteiger charge is 2.18. The first-order valence-electron chi connectivity index (χ1n) is 7.88. The number of benzene rings is 1. The zero-order chi connectivity index (χ0) is 14.4. The second-order valence-corrected chi connectivity index (χ2v) is 6.09. The van der Waals surface area contributed by atoms with E-state index in [1.165, 1.54) is 43.7 Å². The molecule has 1 aromatic rings. The number of likely N-dealkylation sites (tertiary alicyclic amines) is 1. The predicted octanol–water partition coefficient (Wildman–Crippen LogP) is 2.57. The summed E-state index contributed by atoms with van der Waals surface area (Å²) in [5, 5.41) is 3.48. The van der Waals surface area contributed by atoms with E-state index in [0.29, 0.717) is 0 Å². The SMILES string of the molecule is CCNCC1CCN(Cc2ccc(N(C)C)cc2)CC1. The van der Waals surface area contributed by atoms with Gasteiger partial charge in [-0.1, -0.05) is 19.1 Å². The number of nitrogens with one attached hydrogen (secondary N) is 1. The third-order valence-electron chi connectivity index (χ3n) is 4.25. The maximum atomic E-state index is 3.48. The van der Waals surface area contributed by atoms with Gasteiger partial charge in [-0.15, -0.1) is 0 Å². The van der Waals surface area contributed by atoms with E-state index in [2.05, 4.69) is 60.4 Å². The quantitative estimate of drug-likeness (QED) is 0.861. The molecule has 3 heteroatoms. The van der Waals surface area contributed by atoms with Gasteiger partial charge in [0.2, 0.25) is 0 Å². The van der Waals surface area contributed by atoms with E-state index in [9.17, 15) is 0 Å². The van der Waals surface area contributed by atoms with Crippen LogP contribution in [0.3, 0.4) is 0 Å². The second-order valence-electron chi connectivity index (χ2n) is 6.09. The standard InChI is InChI=1S/C17H29N3/c1-4-18-13-15-9-11-20(12-10-15)14-16-5-7-17(8-6-16)19(2)3/h5-8,15,18H,4,9-14H2,1-3H3. The molecule has 0 spiro atoms. The smallest absolute Gasteiger partial charge is 0.0361 e. The summed E-state index contributed by atoms with van der Waals surface area (Å²) in [6.45, 7) is 8.06. The van der Waals surface area contributed by atoms with Gasteiger partial charge in [0.25, 0.3) is 0 Å². The van der Waals surface area contributed by atoms with Crippen LogP contribution in [0.5, 0.6) is 0 Å². The molecule has 1 aliphatic heterocycles. The number of rotatable bonds is 6. The third-order valence-corrected chi connectivity index (χ3v) is 4.25. The summed E-state index contributed by atoms with van der Waals surface area (Å²) < 4.78 is 0. The van der Waals surface area contributed by atoms with Crippen molar-refractivity contribution in [1.29, 1.82) is 0 Å². The molecule has 0 radical (unpaired) electrons. The number of hydrogen-bond donors (Lipinski definition) is 1. The van der Waals surface area contributed by atoms with Crippen LogP contribution in [0.25, 0.3) is 0 Å². The van der Waals surface area contributed by atoms with Crippen LogP contribution in [0.1, 0.15) is 25.3 Å². The molecule has 0 saturated carbocycles. The summed E-state index contributed by atoms with van der Waals surface area (Å²) >= 11 is 0. The maximum Gasteiger partial charge on any atom is 0.0361 e. The molecule has 0 aromatic heterocycles. The molecule has 0 amide bonds. The molecule has 0 bridgehead atoms. The molecular weight excluding hydrogens is 246 g/mol. The lowest BCUT2D eigenvalue weighted by Crippen LogP contribution is -2.36. The van der Waals surface area contributed by atoms with Gasteiger partial charge in [-0.2, -0.15) is 0 Å². The van der Waals surface area contributed by atoms with Crippen LogP contribution in [-0.4, -0.2) is 45.2 Å². The van der Waals surface area contributed by atoms with Crippen molar-refractivity contribution in [1.82, 2.24) is 10.2 Å². The highest BCUT2D eigenvalue weighted by atomic mass is 15.1. The van der Waals surface area contributed by atoms with Crippen molar-refractivity contribution in [2.45, 2.75) is 26.3 Å². The molecule has 1 heterocycles. The van der Waals surface area contributed by atoms with Gasteiger partial charge in [-0.05, 0) is 62.6 Å². The molecule has 0 aliphatic carbocycles. The minimum absolute atomic E-state index is 0.877. The van der Waals surface area contributed by atoms with E-state index in [-0.39, 0.29) is 0 Å². The lowest BCUT2D eigenvalue weighted by molar-refractivity contribution is 0.176. The zero-order valence-electron chi connectivity index (χ0n) is 13.2. The maximum absolute atomic E-state index is 3.48. The van der Waals surface area contributed by atoms with Crippen molar-refractivity contribution in [3.05, 3.63) is 29.8 Å². The minimum Gasteiger partial charge on any atom is -0.378 e. The van der Waals surface area contributed by atoms with E-state index in [0.717, 1.165) is 19.0 Å². The predicted molar refractivity (Wildman–Crippen MR) is 87.3 cm³/mol. The molecule has 1 aromatic carbocycles. The number of piperidine rings is 1. The fourth-order valence-corrected chi connectivity index (χ4v) is 2.85. The van der Waals surface area contributed by atoms with Gasteiger partial charge in [-0.25, -0.2) is 0 Å². The Bertz CT molecular complexity index is 378. The molecule has 1 N–H and O–H groups in total. The van der Waals surface area contributed by atoms with Gasteiger partial charge in [0, 0.05) is 26.3 Å². The summed E-state index contributed by atoms with van der Waals surface area (Å²) in [6.07, 6.45) is 2.67. The van der Waals surface area contributed by atoms with Crippen LogP contribution >= 0.6 is 0 Å². The monoisotopic (exact) mass is 275 g/mol. The Hall–Kier alpha value is -1.06. The van der Waals surface area contributed by atoms with Gasteiger partial charge >= 0.3 is 0 Å². The minimum atomic E-state index is 0.877. The molecule has 1 saturated heterocycles. The Kier molecular flexibility index (Phi) is 5.86. The number of hydrogen-bond acceptors (Lipinski definition) is 3. The Balaban J connectivity index is 1.77. The van der Waals surface area contributed by atoms with Crippen molar-refractivity contribution < 1.29 is 0 Å². The summed E-state index contributed by atoms with van der Waals surface area (Å²) in [5.74, 6) is 0.877. The molecule has 0 unspecified atom stereocenters. The summed E-state index contributed by atoms with van der Waals surface area (Å²) in [5.41, 5.74) is 2.71. The molecule has 0 atom stereocenters. The van der Waals surface area contributed by atoms with Gasteiger partial charge in [0.1, 0.15) is 0 Å². The fourth-order valence-electron chi connectivity index (χ4n) is 2.85. The van der Waals surface area contributed by atoms with Crippen LogP contribution in [0, 0.1) is 5.92 Å². The van der Waals surface area contributed by atoms with Gasteiger partial charge in [-0.3, -0.25) is 4.90 Å². The topological polar surface area (TPSA) is 18.5 Å². The molecule has 2 rings (SSSR count). The van der Waals surface area contributed by atoms with E-state index in [4.69, 9.17) is 0 Å². The molecule has 1 aliphatic rings. The first-order valence-corrected chi connectivity index (χ1v) is 7.88. The molecule has 20 heavy (non-hydrogen) atoms. The zero-order valence-corrected chi connectivity index (χ0v) is 13.2. The van der Waals surface area contributed by atoms with Crippen LogP contribution in [0.2, 0.25) is 0 Å².